The van der Waals surface area contributed by atoms with E-state index in [0.29, 0.717) is 18.7 Å². The summed E-state index contributed by atoms with van der Waals surface area (Å²) in [6.07, 6.45) is 3.01. The number of hydrogen-bond acceptors (Lipinski definition) is 14. The van der Waals surface area contributed by atoms with Crippen LogP contribution in [0.1, 0.15) is 170 Å². The Morgan fingerprint density at radius 3 is 1.31 bits per heavy atom. The van der Waals surface area contributed by atoms with Crippen LogP contribution in [-0.2, 0) is 52.7 Å². The van der Waals surface area contributed by atoms with Crippen molar-refractivity contribution in [3.63, 3.8) is 0 Å². The minimum Gasteiger partial charge on any atom is -0.390 e. The van der Waals surface area contributed by atoms with Gasteiger partial charge < -0.3 is 65.6 Å². The Hall–Kier alpha value is -5.82. The number of amides is 11. The van der Waals surface area contributed by atoms with Crippen molar-refractivity contribution in [2.24, 2.45) is 41.4 Å². The summed E-state index contributed by atoms with van der Waals surface area (Å²) >= 11 is 1.44. The highest BCUT2D eigenvalue weighted by molar-refractivity contribution is 7.99. The molecule has 0 radical (unpaired) electrons. The number of nitrogens with one attached hydrogen (secondary N) is 4. The number of rotatable bonds is 22. The van der Waals surface area contributed by atoms with Gasteiger partial charge in [0.2, 0.25) is 65.0 Å². The van der Waals surface area contributed by atoms with Gasteiger partial charge in [0.1, 0.15) is 66.5 Å². The third-order valence-electron chi connectivity index (χ3n) is 18.1. The number of carbonyl (C=O) groups is 11. The van der Waals surface area contributed by atoms with Crippen LogP contribution in [0.15, 0.2) is 12.2 Å². The molecular weight excluding hydrogens is 1220 g/mol. The van der Waals surface area contributed by atoms with Gasteiger partial charge in [0.05, 0.1) is 6.10 Å². The van der Waals surface area contributed by atoms with Crippen molar-refractivity contribution in [2.45, 2.75) is 243 Å². The Bertz CT molecular complexity index is 2530. The fraction of sp³-hybridized carbons (Fsp3) is 0.812. The van der Waals surface area contributed by atoms with Crippen molar-refractivity contribution in [1.82, 2.24) is 60.5 Å². The Balaban J connectivity index is 4.55. The molecule has 25 heteroatoms. The molecule has 1 aliphatic heterocycles. The SMILES string of the molecule is CC=CC[C@@H](C)[C@@H](O)[C@H]1C(=O)N[C@@H](CC)C(=O)N(C)[C@H](CSCCN(CC)CC)C(=O)N(C)[C@@H](CC(C)C)C(=O)N[C@@H](C(C)C)C(=O)N(C)[C@@H](CC(C)C)C(=O)N[C@@H](C)C(=O)N[C@H](C)C(=O)N(C)[C@@H](CC(C)C)C(=O)N(C)[C@@H](CC(C)C)C(=O)N(C)[C@@H](C(C)C)C(=O)N1C. The van der Waals surface area contributed by atoms with E-state index in [9.17, 15) is 29.1 Å². The lowest BCUT2D eigenvalue weighted by atomic mass is 9.91. The molecular formula is C69H126N12O12S. The molecule has 24 nitrogen and oxygen atoms in total. The van der Waals surface area contributed by atoms with E-state index in [0.717, 1.165) is 18.0 Å². The minimum atomic E-state index is -1.63. The second-order valence-electron chi connectivity index (χ2n) is 28.4. The van der Waals surface area contributed by atoms with Crippen LogP contribution >= 0.6 is 11.8 Å². The molecule has 0 bridgehead atoms. The molecule has 1 saturated heterocycles. The molecule has 1 heterocycles. The van der Waals surface area contributed by atoms with Crippen LogP contribution in [0.25, 0.3) is 0 Å². The second-order valence-corrected chi connectivity index (χ2v) is 29.6. The number of nitrogens with zero attached hydrogens (tertiary/aromatic N) is 8. The summed E-state index contributed by atoms with van der Waals surface area (Å²) in [4.78, 5) is 175. The number of allylic oxidation sites excluding steroid dienone is 2. The molecule has 0 unspecified atom stereocenters. The molecule has 0 spiro atoms. The lowest BCUT2D eigenvalue weighted by Gasteiger charge is -2.41. The Kier molecular flexibility index (Phi) is 37.3. The van der Waals surface area contributed by atoms with Gasteiger partial charge in [0.15, 0.2) is 0 Å². The first-order valence-electron chi connectivity index (χ1n) is 34.3. The minimum absolute atomic E-state index is 0.0108. The fourth-order valence-corrected chi connectivity index (χ4v) is 13.1. The highest BCUT2D eigenvalue weighted by atomic mass is 32.2. The van der Waals surface area contributed by atoms with Gasteiger partial charge in [-0.15, -0.1) is 0 Å². The van der Waals surface area contributed by atoms with E-state index >= 15 is 28.8 Å². The van der Waals surface area contributed by atoms with Gasteiger partial charge in [0, 0.05) is 67.4 Å². The number of likely N-dealkylation sites (N-methyl/N-ethyl adjacent to an activating group) is 7. The van der Waals surface area contributed by atoms with E-state index in [2.05, 4.69) is 26.2 Å². The van der Waals surface area contributed by atoms with Crippen molar-refractivity contribution in [3.8, 4) is 0 Å². The van der Waals surface area contributed by atoms with Crippen LogP contribution in [0, 0.1) is 41.4 Å². The maximum Gasteiger partial charge on any atom is 0.246 e. The smallest absolute Gasteiger partial charge is 0.246 e. The van der Waals surface area contributed by atoms with E-state index in [1.807, 2.05) is 82.2 Å². The first-order valence-corrected chi connectivity index (χ1v) is 35.4. The summed E-state index contributed by atoms with van der Waals surface area (Å²) in [6.45, 7) is 36.5. The number of thioether (sulfide) groups is 1. The molecule has 13 atom stereocenters. The summed E-state index contributed by atoms with van der Waals surface area (Å²) < 4.78 is 0. The van der Waals surface area contributed by atoms with Crippen LogP contribution in [0.5, 0.6) is 0 Å². The maximum absolute atomic E-state index is 15.4. The predicted octanol–water partition coefficient (Wildman–Crippen LogP) is 4.71. The van der Waals surface area contributed by atoms with Gasteiger partial charge in [-0.3, -0.25) is 52.7 Å². The molecule has 0 aliphatic carbocycles. The van der Waals surface area contributed by atoms with Gasteiger partial charge in [-0.05, 0) is 114 Å². The Labute approximate surface area is 569 Å². The largest absolute Gasteiger partial charge is 0.390 e. The van der Waals surface area contributed by atoms with Gasteiger partial charge in [-0.25, -0.2) is 0 Å². The Morgan fingerprint density at radius 1 is 0.457 bits per heavy atom. The topological polar surface area (TPSA) is 282 Å². The van der Waals surface area contributed by atoms with E-state index in [1.54, 1.807) is 47.6 Å². The summed E-state index contributed by atoms with van der Waals surface area (Å²) in [5, 5.41) is 23.5. The summed E-state index contributed by atoms with van der Waals surface area (Å²) in [6, 6.07) is -13.7. The second kappa shape index (κ2) is 40.7. The van der Waals surface area contributed by atoms with Gasteiger partial charge in [-0.1, -0.05) is 123 Å². The molecule has 0 aromatic rings. The number of carbonyl (C=O) groups excluding carboxylic acids is 11. The molecule has 1 fully saturated rings. The Morgan fingerprint density at radius 2 is 0.862 bits per heavy atom. The quantitative estimate of drug-likeness (QED) is 0.0726. The molecule has 0 aromatic carbocycles. The van der Waals surface area contributed by atoms with E-state index < -0.39 is 155 Å². The van der Waals surface area contributed by atoms with Crippen LogP contribution in [0.2, 0.25) is 0 Å². The molecule has 0 saturated carbocycles. The summed E-state index contributed by atoms with van der Waals surface area (Å²) in [5.41, 5.74) is 0. The summed E-state index contributed by atoms with van der Waals surface area (Å²) in [7, 11) is 10.1. The zero-order valence-corrected chi connectivity index (χ0v) is 63.1. The third-order valence-corrected chi connectivity index (χ3v) is 19.1. The van der Waals surface area contributed by atoms with Crippen molar-refractivity contribution in [1.29, 1.82) is 0 Å². The van der Waals surface area contributed by atoms with Crippen molar-refractivity contribution in [2.75, 3.05) is 80.5 Å². The van der Waals surface area contributed by atoms with Crippen molar-refractivity contribution < 1.29 is 57.8 Å². The van der Waals surface area contributed by atoms with Gasteiger partial charge >= 0.3 is 0 Å². The highest BCUT2D eigenvalue weighted by Crippen LogP contribution is 2.26. The van der Waals surface area contributed by atoms with Crippen LogP contribution < -0.4 is 21.3 Å². The van der Waals surface area contributed by atoms with E-state index in [4.69, 9.17) is 0 Å². The number of hydrogen-bond donors (Lipinski definition) is 5. The monoisotopic (exact) mass is 1350 g/mol. The lowest BCUT2D eigenvalue weighted by molar-refractivity contribution is -0.157. The maximum atomic E-state index is 15.4. The number of aliphatic hydroxyl groups is 1. The third kappa shape index (κ3) is 24.7. The van der Waals surface area contributed by atoms with E-state index in [-0.39, 0.29) is 61.5 Å². The highest BCUT2D eigenvalue weighted by Gasteiger charge is 2.46. The van der Waals surface area contributed by atoms with Crippen LogP contribution in [-0.4, -0.2) is 262 Å². The zero-order chi connectivity index (χ0) is 72.7. The molecule has 11 amide bonds. The summed E-state index contributed by atoms with van der Waals surface area (Å²) in [5.74, 6) is -9.04. The lowest BCUT2D eigenvalue weighted by Crippen LogP contribution is -2.64. The predicted molar refractivity (Wildman–Crippen MR) is 372 cm³/mol. The van der Waals surface area contributed by atoms with Gasteiger partial charge in [0.25, 0.3) is 0 Å². The first kappa shape index (κ1) is 86.2. The average Bonchev–Trinajstić information content (AvgIpc) is 0.858. The standard InChI is InChI=1S/C69H126N12O12S/c1-27-31-32-46(17)58(82)57-62(86)72-49(28-2)64(88)78(24)54(39-94-34-33-81(29-3)30-4)67(91)74(20)51(36-41(7)8)61(85)73-55(44(13)14)68(92)75(21)50(35-40(5)6)60(84)70-47(18)59(83)71-48(19)63(87)76(22)52(37-42(9)10)65(89)77(23)53(38-43(11)12)66(90)79(25)56(45(15)16)69(93)80(57)26/h27,31,40-58,82H,28-30,32-39H2,1-26H3,(H,70,84)(H,71,83)(H,72,86)(H,73,85)/t46-,47+,48-,49+,50+,51+,52+,53+,54-,55+,56+,57+,58-/m1/s1. The fourth-order valence-electron chi connectivity index (χ4n) is 11.9. The zero-order valence-electron chi connectivity index (χ0n) is 62.3. The first-order chi connectivity index (χ1) is 43.6. The number of aliphatic hydroxyl groups excluding tert-OH is 1. The van der Waals surface area contributed by atoms with Crippen LogP contribution in [0.3, 0.4) is 0 Å². The molecule has 5 N–H and O–H groups in total. The molecule has 0 aromatic heterocycles. The molecule has 1 aliphatic rings. The van der Waals surface area contributed by atoms with Gasteiger partial charge in [-0.2, -0.15) is 11.8 Å². The average molecular weight is 1350 g/mol. The van der Waals surface area contributed by atoms with E-state index in [1.165, 1.54) is 104 Å². The molecule has 1 rings (SSSR count). The van der Waals surface area contributed by atoms with Crippen LogP contribution in [0.4, 0.5) is 0 Å². The molecule has 94 heavy (non-hydrogen) atoms. The molecule has 540 valence electrons. The van der Waals surface area contributed by atoms with Crippen molar-refractivity contribution >= 4 is 76.7 Å². The normalized spacial score (nSPS) is 26.3. The van der Waals surface area contributed by atoms with Crippen molar-refractivity contribution in [3.05, 3.63) is 12.2 Å².